The lowest BCUT2D eigenvalue weighted by Gasteiger charge is -2.15. The second-order valence-corrected chi connectivity index (χ2v) is 7.67. The summed E-state index contributed by atoms with van der Waals surface area (Å²) in [5.74, 6) is -0.506. The quantitative estimate of drug-likeness (QED) is 0.320. The van der Waals surface area contributed by atoms with Crippen molar-refractivity contribution in [3.05, 3.63) is 89.7 Å². The van der Waals surface area contributed by atoms with Gasteiger partial charge in [-0.3, -0.25) is 4.79 Å². The van der Waals surface area contributed by atoms with Crippen LogP contribution in [0.15, 0.2) is 71.4 Å². The Balaban J connectivity index is 1.78. The molecule has 6 heteroatoms. The third-order valence-electron chi connectivity index (χ3n) is 5.35. The molecule has 33 heavy (non-hydrogen) atoms. The minimum atomic E-state index is -0.429. The molecule has 1 heterocycles. The van der Waals surface area contributed by atoms with Crippen LogP contribution >= 0.6 is 0 Å². The summed E-state index contributed by atoms with van der Waals surface area (Å²) in [5, 5.41) is 3.50. The molecule has 0 aliphatic rings. The summed E-state index contributed by atoms with van der Waals surface area (Å²) in [5.41, 5.74) is 4.87. The fourth-order valence-electron chi connectivity index (χ4n) is 3.81. The largest absolute Gasteiger partial charge is 0.493 e. The van der Waals surface area contributed by atoms with Gasteiger partial charge in [-0.1, -0.05) is 18.2 Å². The Morgan fingerprint density at radius 2 is 1.85 bits per heavy atom. The van der Waals surface area contributed by atoms with E-state index in [9.17, 15) is 13.6 Å². The van der Waals surface area contributed by atoms with Gasteiger partial charge in [0.05, 0.1) is 12.9 Å². The molecule has 0 bridgehead atoms. The third-order valence-corrected chi connectivity index (χ3v) is 5.35. The zero-order chi connectivity index (χ0) is 23.5. The van der Waals surface area contributed by atoms with E-state index < -0.39 is 5.82 Å². The first-order valence-corrected chi connectivity index (χ1v) is 10.6. The summed E-state index contributed by atoms with van der Waals surface area (Å²) in [6, 6.07) is 13.8. The molecule has 0 unspecified atom stereocenters. The van der Waals surface area contributed by atoms with Crippen molar-refractivity contribution >= 4 is 28.1 Å². The van der Waals surface area contributed by atoms with Crippen molar-refractivity contribution in [1.82, 2.24) is 0 Å². The monoisotopic (exact) mass is 447 g/mol. The molecule has 3 aromatic carbocycles. The van der Waals surface area contributed by atoms with Crippen molar-refractivity contribution < 1.29 is 22.7 Å². The van der Waals surface area contributed by atoms with Crippen molar-refractivity contribution in [2.75, 3.05) is 11.9 Å². The Labute approximate surface area is 190 Å². The number of ether oxygens (including phenoxy) is 1. The predicted molar refractivity (Wildman–Crippen MR) is 126 cm³/mol. The van der Waals surface area contributed by atoms with Gasteiger partial charge in [0.15, 0.2) is 0 Å². The van der Waals surface area contributed by atoms with E-state index in [1.165, 1.54) is 36.4 Å². The van der Waals surface area contributed by atoms with Crippen LogP contribution in [0.3, 0.4) is 0 Å². The number of aryl methyl sites for hydroxylation is 1. The number of allylic oxidation sites excluding steroid dienone is 1. The SMILES string of the molecule is CCOc1c(/C(C)=C/C(=O)Nc2cccc(F)c2)cc2c(-c3ccc(F)cc3)coc2c1C. The van der Waals surface area contributed by atoms with Crippen LogP contribution in [0, 0.1) is 18.6 Å². The van der Waals surface area contributed by atoms with Crippen LogP contribution in [0.4, 0.5) is 14.5 Å². The molecule has 0 saturated heterocycles. The molecule has 0 aliphatic heterocycles. The molecule has 0 atom stereocenters. The van der Waals surface area contributed by atoms with Crippen LogP contribution < -0.4 is 10.1 Å². The molecule has 0 saturated carbocycles. The number of nitrogens with one attached hydrogen (secondary N) is 1. The average molecular weight is 447 g/mol. The highest BCUT2D eigenvalue weighted by Gasteiger charge is 2.19. The highest BCUT2D eigenvalue weighted by atomic mass is 19.1. The first-order valence-electron chi connectivity index (χ1n) is 10.6. The number of benzene rings is 3. The number of amides is 1. The summed E-state index contributed by atoms with van der Waals surface area (Å²) in [6.07, 6.45) is 3.09. The van der Waals surface area contributed by atoms with E-state index in [-0.39, 0.29) is 11.7 Å². The average Bonchev–Trinajstić information content (AvgIpc) is 3.20. The number of anilines is 1. The number of carbonyl (C=O) groups is 1. The fourth-order valence-corrected chi connectivity index (χ4v) is 3.81. The highest BCUT2D eigenvalue weighted by Crippen LogP contribution is 2.40. The normalized spacial score (nSPS) is 11.6. The zero-order valence-corrected chi connectivity index (χ0v) is 18.5. The summed E-state index contributed by atoms with van der Waals surface area (Å²) < 4.78 is 38.6. The molecule has 0 fully saturated rings. The van der Waals surface area contributed by atoms with E-state index in [0.717, 1.165) is 27.6 Å². The van der Waals surface area contributed by atoms with Crippen LogP contribution in [0.2, 0.25) is 0 Å². The van der Waals surface area contributed by atoms with Gasteiger partial charge < -0.3 is 14.5 Å². The fraction of sp³-hybridized carbons (Fsp3) is 0.148. The van der Waals surface area contributed by atoms with E-state index in [2.05, 4.69) is 5.32 Å². The van der Waals surface area contributed by atoms with E-state index in [1.807, 2.05) is 26.8 Å². The van der Waals surface area contributed by atoms with Gasteiger partial charge in [0.2, 0.25) is 5.91 Å². The Kier molecular flexibility index (Phi) is 6.27. The molecule has 0 radical (unpaired) electrons. The lowest BCUT2D eigenvalue weighted by Crippen LogP contribution is -2.09. The summed E-state index contributed by atoms with van der Waals surface area (Å²) in [7, 11) is 0. The first kappa shape index (κ1) is 22.3. The van der Waals surface area contributed by atoms with Crippen molar-refractivity contribution in [3.8, 4) is 16.9 Å². The van der Waals surface area contributed by atoms with Gasteiger partial charge in [0, 0.05) is 33.8 Å². The second kappa shape index (κ2) is 9.28. The van der Waals surface area contributed by atoms with Gasteiger partial charge >= 0.3 is 0 Å². The predicted octanol–water partition coefficient (Wildman–Crippen LogP) is 7.13. The number of rotatable bonds is 6. The molecule has 4 aromatic rings. The highest BCUT2D eigenvalue weighted by molar-refractivity contribution is 6.06. The van der Waals surface area contributed by atoms with Gasteiger partial charge in [0.25, 0.3) is 0 Å². The summed E-state index contributed by atoms with van der Waals surface area (Å²) >= 11 is 0. The molecule has 1 N–H and O–H groups in total. The van der Waals surface area contributed by atoms with Gasteiger partial charge in [-0.15, -0.1) is 0 Å². The smallest absolute Gasteiger partial charge is 0.248 e. The van der Waals surface area contributed by atoms with Crippen LogP contribution in [-0.2, 0) is 4.79 Å². The lowest BCUT2D eigenvalue weighted by atomic mass is 9.96. The molecule has 0 spiro atoms. The van der Waals surface area contributed by atoms with Crippen molar-refractivity contribution in [2.45, 2.75) is 20.8 Å². The third kappa shape index (κ3) is 4.65. The van der Waals surface area contributed by atoms with Gasteiger partial charge in [-0.2, -0.15) is 0 Å². The van der Waals surface area contributed by atoms with Gasteiger partial charge in [0.1, 0.15) is 23.0 Å². The number of halogens is 2. The van der Waals surface area contributed by atoms with Crippen molar-refractivity contribution in [3.63, 3.8) is 0 Å². The van der Waals surface area contributed by atoms with E-state index in [1.54, 1.807) is 24.5 Å². The molecular formula is C27H23F2NO3. The number of hydrogen-bond acceptors (Lipinski definition) is 3. The maximum atomic E-state index is 13.4. The van der Waals surface area contributed by atoms with Gasteiger partial charge in [-0.25, -0.2) is 8.78 Å². The molecular weight excluding hydrogens is 424 g/mol. The minimum Gasteiger partial charge on any atom is -0.493 e. The van der Waals surface area contributed by atoms with Crippen LogP contribution in [0.25, 0.3) is 27.7 Å². The topological polar surface area (TPSA) is 51.5 Å². The molecule has 168 valence electrons. The molecule has 4 rings (SSSR count). The maximum absolute atomic E-state index is 13.4. The van der Waals surface area contributed by atoms with Gasteiger partial charge in [-0.05, 0) is 68.3 Å². The molecule has 4 nitrogen and oxygen atoms in total. The first-order chi connectivity index (χ1) is 15.9. The Morgan fingerprint density at radius 1 is 1.09 bits per heavy atom. The maximum Gasteiger partial charge on any atom is 0.248 e. The zero-order valence-electron chi connectivity index (χ0n) is 18.5. The minimum absolute atomic E-state index is 0.315. The van der Waals surface area contributed by atoms with Crippen molar-refractivity contribution in [1.29, 1.82) is 0 Å². The number of hydrogen-bond donors (Lipinski definition) is 1. The number of fused-ring (bicyclic) bond motifs is 1. The standard InChI is InChI=1S/C27H23F2NO3/c1-4-32-26-17(3)27-23(24(15-33-27)18-8-10-19(28)11-9-18)14-22(26)16(2)12-25(31)30-21-7-5-6-20(29)13-21/h5-15H,4H2,1-3H3,(H,30,31)/b16-12+. The Bertz CT molecular complexity index is 1350. The lowest BCUT2D eigenvalue weighted by molar-refractivity contribution is -0.111. The van der Waals surface area contributed by atoms with E-state index in [4.69, 9.17) is 9.15 Å². The van der Waals surface area contributed by atoms with Crippen molar-refractivity contribution in [2.24, 2.45) is 0 Å². The Morgan fingerprint density at radius 3 is 2.55 bits per heavy atom. The van der Waals surface area contributed by atoms with Crippen LogP contribution in [0.5, 0.6) is 5.75 Å². The van der Waals surface area contributed by atoms with Crippen LogP contribution in [0.1, 0.15) is 25.0 Å². The van der Waals surface area contributed by atoms with Crippen LogP contribution in [-0.4, -0.2) is 12.5 Å². The second-order valence-electron chi connectivity index (χ2n) is 7.67. The molecule has 0 aliphatic carbocycles. The number of carbonyl (C=O) groups excluding carboxylic acids is 1. The van der Waals surface area contributed by atoms with E-state index in [0.29, 0.717) is 29.2 Å². The Hall–Kier alpha value is -3.93. The van der Waals surface area contributed by atoms with E-state index >= 15 is 0 Å². The summed E-state index contributed by atoms with van der Waals surface area (Å²) in [4.78, 5) is 12.6. The molecule has 1 aromatic heterocycles. The summed E-state index contributed by atoms with van der Waals surface area (Å²) in [6.45, 7) is 6.03. The number of furan rings is 1. The molecule has 1 amide bonds.